The largest absolute Gasteiger partial charge is 0.496 e. The number of benzene rings is 2. The van der Waals surface area contributed by atoms with Gasteiger partial charge in [0, 0.05) is 22.6 Å². The van der Waals surface area contributed by atoms with Crippen molar-refractivity contribution in [3.05, 3.63) is 34.3 Å². The highest BCUT2D eigenvalue weighted by Gasteiger charge is 2.18. The molecule has 0 radical (unpaired) electrons. The minimum Gasteiger partial charge on any atom is -0.496 e. The van der Waals surface area contributed by atoms with Gasteiger partial charge in [-0.1, -0.05) is 15.9 Å². The summed E-state index contributed by atoms with van der Waals surface area (Å²) in [6.07, 6.45) is 0. The third kappa shape index (κ3) is 2.11. The van der Waals surface area contributed by atoms with Crippen molar-refractivity contribution in [2.24, 2.45) is 7.05 Å². The molecule has 0 fully saturated rings. The molecule has 3 rings (SSSR count). The zero-order chi connectivity index (χ0) is 16.0. The number of imidazole rings is 1. The Balaban J connectivity index is 2.42. The first-order chi connectivity index (χ1) is 10.4. The fourth-order valence-electron chi connectivity index (χ4n) is 2.79. The van der Waals surface area contributed by atoms with Gasteiger partial charge in [-0.15, -0.1) is 0 Å². The fraction of sp³-hybridized carbons (Fsp3) is 0.188. The number of fused-ring (bicyclic) bond motifs is 1. The topological polar surface area (TPSA) is 79.1 Å². The van der Waals surface area contributed by atoms with Gasteiger partial charge in [-0.3, -0.25) is 0 Å². The summed E-state index contributed by atoms with van der Waals surface area (Å²) in [6, 6.07) is 7.83. The third-order valence-corrected chi connectivity index (χ3v) is 4.30. The molecule has 0 atom stereocenters. The zero-order valence-corrected chi connectivity index (χ0v) is 14.2. The summed E-state index contributed by atoms with van der Waals surface area (Å²) < 4.78 is 8.32. The molecule has 0 aliphatic heterocycles. The molecule has 1 aromatic heterocycles. The molecule has 0 amide bonds. The second-order valence-electron chi connectivity index (χ2n) is 5.23. The Morgan fingerprint density at radius 1 is 1.23 bits per heavy atom. The van der Waals surface area contributed by atoms with Crippen molar-refractivity contribution >= 4 is 38.6 Å². The van der Waals surface area contributed by atoms with Gasteiger partial charge in [0.25, 0.3) is 0 Å². The molecule has 0 aliphatic carbocycles. The highest BCUT2D eigenvalue weighted by atomic mass is 79.9. The first kappa shape index (κ1) is 14.7. The zero-order valence-electron chi connectivity index (χ0n) is 12.6. The van der Waals surface area contributed by atoms with Crippen LogP contribution in [-0.4, -0.2) is 16.7 Å². The molecular weight excluding hydrogens is 344 g/mol. The van der Waals surface area contributed by atoms with Crippen LogP contribution in [0, 0.1) is 6.92 Å². The van der Waals surface area contributed by atoms with Crippen LogP contribution in [0.25, 0.3) is 22.2 Å². The Kier molecular flexibility index (Phi) is 3.48. The second kappa shape index (κ2) is 5.21. The normalized spacial score (nSPS) is 11.1. The number of rotatable bonds is 2. The molecule has 0 unspecified atom stereocenters. The third-order valence-electron chi connectivity index (χ3n) is 3.84. The van der Waals surface area contributed by atoms with E-state index in [1.165, 1.54) is 0 Å². The maximum absolute atomic E-state index is 6.09. The lowest BCUT2D eigenvalue weighted by atomic mass is 9.97. The number of nitrogen functional groups attached to an aromatic ring is 2. The van der Waals surface area contributed by atoms with E-state index in [0.717, 1.165) is 37.9 Å². The molecular formula is C16H17BrN4O. The summed E-state index contributed by atoms with van der Waals surface area (Å²) in [7, 11) is 3.52. The molecule has 0 aliphatic rings. The molecule has 0 saturated carbocycles. The second-order valence-corrected chi connectivity index (χ2v) is 6.14. The average molecular weight is 361 g/mol. The van der Waals surface area contributed by atoms with Gasteiger partial charge in [-0.25, -0.2) is 4.98 Å². The molecule has 6 heteroatoms. The van der Waals surface area contributed by atoms with Crippen LogP contribution in [0.3, 0.4) is 0 Å². The molecule has 2 aromatic carbocycles. The van der Waals surface area contributed by atoms with Crippen molar-refractivity contribution in [3.63, 3.8) is 0 Å². The van der Waals surface area contributed by atoms with Gasteiger partial charge in [-0.05, 0) is 36.8 Å². The number of hydrogen-bond donors (Lipinski definition) is 2. The van der Waals surface area contributed by atoms with Crippen LogP contribution in [-0.2, 0) is 7.05 Å². The summed E-state index contributed by atoms with van der Waals surface area (Å²) in [5.74, 6) is 1.21. The highest BCUT2D eigenvalue weighted by Crippen LogP contribution is 2.40. The van der Waals surface area contributed by atoms with Gasteiger partial charge in [0.15, 0.2) is 0 Å². The summed E-state index contributed by atoms with van der Waals surface area (Å²) in [4.78, 5) is 4.48. The van der Waals surface area contributed by atoms with E-state index in [9.17, 15) is 0 Å². The Morgan fingerprint density at radius 3 is 2.64 bits per heavy atom. The van der Waals surface area contributed by atoms with E-state index in [4.69, 9.17) is 16.2 Å². The van der Waals surface area contributed by atoms with Gasteiger partial charge < -0.3 is 20.8 Å². The lowest BCUT2D eigenvalue weighted by molar-refractivity contribution is 0.416. The number of anilines is 2. The van der Waals surface area contributed by atoms with Crippen LogP contribution in [0.15, 0.2) is 28.7 Å². The SMILES string of the molecule is COc1cc(Br)cc(C)c1-c1ccc(N)c2c1nc(N)n2C. The minimum absolute atomic E-state index is 0.433. The number of methoxy groups -OCH3 is 1. The average Bonchev–Trinajstić information content (AvgIpc) is 2.76. The van der Waals surface area contributed by atoms with Crippen molar-refractivity contribution in [3.8, 4) is 16.9 Å². The summed E-state index contributed by atoms with van der Waals surface area (Å²) in [5.41, 5.74) is 17.4. The van der Waals surface area contributed by atoms with E-state index in [1.54, 1.807) is 11.7 Å². The van der Waals surface area contributed by atoms with E-state index in [1.807, 2.05) is 38.2 Å². The van der Waals surface area contributed by atoms with Crippen molar-refractivity contribution in [2.45, 2.75) is 6.92 Å². The Morgan fingerprint density at radius 2 is 1.95 bits per heavy atom. The lowest BCUT2D eigenvalue weighted by Gasteiger charge is -2.14. The van der Waals surface area contributed by atoms with Crippen LogP contribution >= 0.6 is 15.9 Å². The van der Waals surface area contributed by atoms with Crippen LogP contribution < -0.4 is 16.2 Å². The van der Waals surface area contributed by atoms with E-state index in [2.05, 4.69) is 20.9 Å². The standard InChI is InChI=1S/C16H17BrN4O/c1-8-6-9(17)7-12(22-3)13(8)10-4-5-11(18)15-14(10)20-16(19)21(15)2/h4-7H,18H2,1-3H3,(H2,19,20). The number of hydrogen-bond acceptors (Lipinski definition) is 4. The van der Waals surface area contributed by atoms with Crippen LogP contribution in [0.1, 0.15) is 5.56 Å². The number of ether oxygens (including phenoxy) is 1. The van der Waals surface area contributed by atoms with Crippen LogP contribution in [0.5, 0.6) is 5.75 Å². The van der Waals surface area contributed by atoms with Crippen molar-refractivity contribution in [1.29, 1.82) is 0 Å². The maximum atomic E-state index is 6.09. The molecule has 3 aromatic rings. The quantitative estimate of drug-likeness (QED) is 0.685. The number of nitrogens with zero attached hydrogens (tertiary/aromatic N) is 2. The van der Waals surface area contributed by atoms with E-state index < -0.39 is 0 Å². The van der Waals surface area contributed by atoms with E-state index in [0.29, 0.717) is 11.6 Å². The predicted octanol–water partition coefficient (Wildman–Crippen LogP) is 3.48. The summed E-state index contributed by atoms with van der Waals surface area (Å²) in [6.45, 7) is 2.04. The minimum atomic E-state index is 0.433. The van der Waals surface area contributed by atoms with Crippen molar-refractivity contribution in [1.82, 2.24) is 9.55 Å². The number of nitrogens with two attached hydrogens (primary N) is 2. The van der Waals surface area contributed by atoms with Crippen LogP contribution in [0.4, 0.5) is 11.6 Å². The Labute approximate surface area is 137 Å². The van der Waals surface area contributed by atoms with Gasteiger partial charge in [0.05, 0.1) is 18.3 Å². The summed E-state index contributed by atoms with van der Waals surface area (Å²) in [5, 5.41) is 0. The molecule has 0 spiro atoms. The molecule has 1 heterocycles. The predicted molar refractivity (Wildman–Crippen MR) is 94.0 cm³/mol. The highest BCUT2D eigenvalue weighted by molar-refractivity contribution is 9.10. The van der Waals surface area contributed by atoms with Crippen molar-refractivity contribution in [2.75, 3.05) is 18.6 Å². The lowest BCUT2D eigenvalue weighted by Crippen LogP contribution is -1.98. The number of aryl methyl sites for hydroxylation is 2. The Hall–Kier alpha value is -2.21. The van der Waals surface area contributed by atoms with Gasteiger partial charge in [0.2, 0.25) is 5.95 Å². The van der Waals surface area contributed by atoms with Crippen LogP contribution in [0.2, 0.25) is 0 Å². The summed E-state index contributed by atoms with van der Waals surface area (Å²) >= 11 is 3.50. The molecule has 0 bridgehead atoms. The first-order valence-corrected chi connectivity index (χ1v) is 7.58. The Bertz CT molecular complexity index is 886. The van der Waals surface area contributed by atoms with E-state index >= 15 is 0 Å². The maximum Gasteiger partial charge on any atom is 0.201 e. The van der Waals surface area contributed by atoms with Gasteiger partial charge in [-0.2, -0.15) is 0 Å². The van der Waals surface area contributed by atoms with Crippen molar-refractivity contribution < 1.29 is 4.74 Å². The van der Waals surface area contributed by atoms with Gasteiger partial charge in [0.1, 0.15) is 11.3 Å². The molecule has 22 heavy (non-hydrogen) atoms. The van der Waals surface area contributed by atoms with Gasteiger partial charge >= 0.3 is 0 Å². The smallest absolute Gasteiger partial charge is 0.201 e. The molecule has 0 saturated heterocycles. The molecule has 5 nitrogen and oxygen atoms in total. The fourth-order valence-corrected chi connectivity index (χ4v) is 3.34. The number of halogens is 1. The molecule has 114 valence electrons. The number of aromatic nitrogens is 2. The molecule has 4 N–H and O–H groups in total. The monoisotopic (exact) mass is 360 g/mol. The van der Waals surface area contributed by atoms with E-state index in [-0.39, 0.29) is 0 Å². The first-order valence-electron chi connectivity index (χ1n) is 6.79.